The first-order valence-electron chi connectivity index (χ1n) is 10.8. The molecule has 170 valence electrons. The number of piperazine rings is 1. The van der Waals surface area contributed by atoms with Crippen molar-refractivity contribution in [3.8, 4) is 0 Å². The Morgan fingerprint density at radius 2 is 1.50 bits per heavy atom. The first-order chi connectivity index (χ1) is 15.4. The van der Waals surface area contributed by atoms with Gasteiger partial charge in [-0.25, -0.2) is 18.1 Å². The van der Waals surface area contributed by atoms with E-state index in [4.69, 9.17) is 0 Å². The summed E-state index contributed by atoms with van der Waals surface area (Å²) in [5.41, 5.74) is 0.463. The highest BCUT2D eigenvalue weighted by atomic mass is 32.2. The van der Waals surface area contributed by atoms with Crippen LogP contribution in [0.25, 0.3) is 0 Å². The molecule has 0 radical (unpaired) electrons. The zero-order chi connectivity index (χ0) is 22.8. The lowest BCUT2D eigenvalue weighted by molar-refractivity contribution is -0.133. The molecular formula is C23H28N4O4S. The summed E-state index contributed by atoms with van der Waals surface area (Å²) in [6, 6.07) is 18.0. The fourth-order valence-corrected chi connectivity index (χ4v) is 5.86. The highest BCUT2D eigenvalue weighted by molar-refractivity contribution is 7.88. The average Bonchev–Trinajstić information content (AvgIpc) is 3.05. The first kappa shape index (κ1) is 22.4. The Balaban J connectivity index is 1.39. The van der Waals surface area contributed by atoms with E-state index in [1.165, 1.54) is 9.21 Å². The first-order valence-corrected chi connectivity index (χ1v) is 12.4. The lowest BCUT2D eigenvalue weighted by Crippen LogP contribution is -2.53. The Labute approximate surface area is 188 Å². The minimum absolute atomic E-state index is 0.0308. The van der Waals surface area contributed by atoms with Gasteiger partial charge in [0.1, 0.15) is 5.54 Å². The van der Waals surface area contributed by atoms with E-state index in [1.807, 2.05) is 60.4 Å². The molecule has 32 heavy (non-hydrogen) atoms. The third-order valence-corrected chi connectivity index (χ3v) is 8.08. The zero-order valence-corrected chi connectivity index (χ0v) is 18.9. The molecule has 1 N–H and O–H groups in total. The molecule has 3 amide bonds. The highest BCUT2D eigenvalue weighted by Crippen LogP contribution is 2.32. The van der Waals surface area contributed by atoms with Crippen LogP contribution < -0.4 is 5.32 Å². The number of amides is 3. The summed E-state index contributed by atoms with van der Waals surface area (Å²) in [4.78, 5) is 29.2. The van der Waals surface area contributed by atoms with Gasteiger partial charge in [0.25, 0.3) is 5.91 Å². The smallest absolute Gasteiger partial charge is 0.319 e. The van der Waals surface area contributed by atoms with Crippen LogP contribution in [0.2, 0.25) is 0 Å². The van der Waals surface area contributed by atoms with Gasteiger partial charge in [0.15, 0.2) is 0 Å². The quantitative estimate of drug-likeness (QED) is 0.644. The molecular weight excluding hydrogens is 428 g/mol. The second-order valence-corrected chi connectivity index (χ2v) is 10.2. The van der Waals surface area contributed by atoms with Crippen molar-refractivity contribution >= 4 is 22.0 Å². The Hall–Kier alpha value is -2.75. The number of hydrogen-bond acceptors (Lipinski definition) is 5. The number of nitrogens with one attached hydrogen (secondary N) is 1. The molecule has 0 unspecified atom stereocenters. The summed E-state index contributed by atoms with van der Waals surface area (Å²) in [5.74, 6) is -0.299. The van der Waals surface area contributed by atoms with Gasteiger partial charge in [-0.3, -0.25) is 9.69 Å². The predicted molar refractivity (Wildman–Crippen MR) is 121 cm³/mol. The van der Waals surface area contributed by atoms with Crippen LogP contribution in [0.5, 0.6) is 0 Å². The number of hydrogen-bond donors (Lipinski definition) is 1. The SMILES string of the molecule is CC[C@]1(c2ccccc2)NC(=O)N(CN2CCN(S(=O)(=O)Cc3ccccc3)CC2)C1=O. The van der Waals surface area contributed by atoms with E-state index >= 15 is 0 Å². The second kappa shape index (κ2) is 9.01. The van der Waals surface area contributed by atoms with Crippen LogP contribution in [0.15, 0.2) is 60.7 Å². The minimum atomic E-state index is -3.42. The van der Waals surface area contributed by atoms with Crippen LogP contribution in [0.1, 0.15) is 24.5 Å². The molecule has 0 spiro atoms. The maximum absolute atomic E-state index is 13.3. The summed E-state index contributed by atoms with van der Waals surface area (Å²) in [6.45, 7) is 3.59. The van der Waals surface area contributed by atoms with E-state index in [1.54, 1.807) is 12.1 Å². The molecule has 2 aromatic rings. The molecule has 2 heterocycles. The molecule has 1 atom stereocenters. The lowest BCUT2D eigenvalue weighted by Gasteiger charge is -2.35. The van der Waals surface area contributed by atoms with Crippen molar-refractivity contribution in [1.29, 1.82) is 0 Å². The summed E-state index contributed by atoms with van der Waals surface area (Å²) in [6.07, 6.45) is 0.448. The van der Waals surface area contributed by atoms with Crippen molar-refractivity contribution in [3.05, 3.63) is 71.8 Å². The van der Waals surface area contributed by atoms with Gasteiger partial charge in [-0.05, 0) is 17.5 Å². The fraction of sp³-hybridized carbons (Fsp3) is 0.391. The molecule has 4 rings (SSSR count). The van der Waals surface area contributed by atoms with Crippen LogP contribution in [-0.4, -0.2) is 67.3 Å². The number of carbonyl (C=O) groups excluding carboxylic acids is 2. The Bertz CT molecular complexity index is 1070. The maximum Gasteiger partial charge on any atom is 0.326 e. The molecule has 0 saturated carbocycles. The van der Waals surface area contributed by atoms with Crippen molar-refractivity contribution < 1.29 is 18.0 Å². The number of sulfonamides is 1. The van der Waals surface area contributed by atoms with E-state index in [0.29, 0.717) is 32.6 Å². The van der Waals surface area contributed by atoms with Gasteiger partial charge in [0.2, 0.25) is 10.0 Å². The summed E-state index contributed by atoms with van der Waals surface area (Å²) >= 11 is 0. The number of imide groups is 1. The van der Waals surface area contributed by atoms with E-state index in [9.17, 15) is 18.0 Å². The Kier molecular flexibility index (Phi) is 6.32. The van der Waals surface area contributed by atoms with Crippen molar-refractivity contribution in [1.82, 2.24) is 19.4 Å². The molecule has 0 aliphatic carbocycles. The molecule has 8 nitrogen and oxygen atoms in total. The number of rotatable bonds is 7. The largest absolute Gasteiger partial charge is 0.326 e. The van der Waals surface area contributed by atoms with Gasteiger partial charge in [0.05, 0.1) is 12.4 Å². The van der Waals surface area contributed by atoms with Gasteiger partial charge < -0.3 is 5.32 Å². The van der Waals surface area contributed by atoms with Gasteiger partial charge >= 0.3 is 6.03 Å². The molecule has 0 bridgehead atoms. The summed E-state index contributed by atoms with van der Waals surface area (Å²) < 4.78 is 27.0. The molecule has 2 saturated heterocycles. The third kappa shape index (κ3) is 4.28. The van der Waals surface area contributed by atoms with Gasteiger partial charge in [-0.1, -0.05) is 67.6 Å². The van der Waals surface area contributed by atoms with E-state index < -0.39 is 21.6 Å². The molecule has 2 aliphatic heterocycles. The van der Waals surface area contributed by atoms with Crippen LogP contribution in [0.4, 0.5) is 4.79 Å². The van der Waals surface area contributed by atoms with Crippen LogP contribution in [0, 0.1) is 0 Å². The molecule has 2 fully saturated rings. The van der Waals surface area contributed by atoms with Crippen LogP contribution >= 0.6 is 0 Å². The minimum Gasteiger partial charge on any atom is -0.319 e. The van der Waals surface area contributed by atoms with Gasteiger partial charge in [0, 0.05) is 26.2 Å². The zero-order valence-electron chi connectivity index (χ0n) is 18.1. The number of nitrogens with zero attached hydrogens (tertiary/aromatic N) is 3. The van der Waals surface area contributed by atoms with Crippen molar-refractivity contribution in [3.63, 3.8) is 0 Å². The second-order valence-electron chi connectivity index (χ2n) is 8.19. The van der Waals surface area contributed by atoms with E-state index in [-0.39, 0.29) is 18.3 Å². The Morgan fingerprint density at radius 1 is 0.906 bits per heavy atom. The highest BCUT2D eigenvalue weighted by Gasteiger charge is 2.51. The van der Waals surface area contributed by atoms with Crippen LogP contribution in [-0.2, 0) is 26.1 Å². The van der Waals surface area contributed by atoms with Crippen molar-refractivity contribution in [2.24, 2.45) is 0 Å². The molecule has 2 aromatic carbocycles. The van der Waals surface area contributed by atoms with Crippen molar-refractivity contribution in [2.75, 3.05) is 32.8 Å². The van der Waals surface area contributed by atoms with Gasteiger partial charge in [-0.2, -0.15) is 4.31 Å². The van der Waals surface area contributed by atoms with E-state index in [2.05, 4.69) is 5.32 Å². The number of benzene rings is 2. The molecule has 0 aromatic heterocycles. The fourth-order valence-electron chi connectivity index (χ4n) is 4.34. The predicted octanol–water partition coefficient (Wildman–Crippen LogP) is 1.95. The summed E-state index contributed by atoms with van der Waals surface area (Å²) in [7, 11) is -3.42. The van der Waals surface area contributed by atoms with Crippen LogP contribution in [0.3, 0.4) is 0 Å². The Morgan fingerprint density at radius 3 is 2.09 bits per heavy atom. The topological polar surface area (TPSA) is 90.0 Å². The normalized spacial score (nSPS) is 22.8. The maximum atomic E-state index is 13.3. The van der Waals surface area contributed by atoms with Crippen molar-refractivity contribution in [2.45, 2.75) is 24.6 Å². The monoisotopic (exact) mass is 456 g/mol. The molecule has 9 heteroatoms. The number of carbonyl (C=O) groups is 2. The molecule has 2 aliphatic rings. The number of urea groups is 1. The summed E-state index contributed by atoms with van der Waals surface area (Å²) in [5, 5.41) is 2.89. The van der Waals surface area contributed by atoms with E-state index in [0.717, 1.165) is 11.1 Å². The van der Waals surface area contributed by atoms with Gasteiger partial charge in [-0.15, -0.1) is 0 Å². The average molecular weight is 457 g/mol. The lowest BCUT2D eigenvalue weighted by atomic mass is 9.87. The third-order valence-electron chi connectivity index (χ3n) is 6.23. The standard InChI is InChI=1S/C23H28N4O4S/c1-2-23(20-11-7-4-8-12-20)21(28)27(22(29)24-23)18-25-13-15-26(16-14-25)32(30,31)17-19-9-5-3-6-10-19/h3-12H,2,13-18H2,1H3,(H,24,29)/t23-/m1/s1.